The molecule has 0 fully saturated rings. The summed E-state index contributed by atoms with van der Waals surface area (Å²) in [4.78, 5) is 24.5. The topological polar surface area (TPSA) is 93.9 Å². The van der Waals surface area contributed by atoms with E-state index in [0.29, 0.717) is 23.1 Å². The van der Waals surface area contributed by atoms with Crippen molar-refractivity contribution < 1.29 is 19.2 Å². The molecule has 8 nitrogen and oxygen atoms in total. The van der Waals surface area contributed by atoms with E-state index in [0.717, 1.165) is 25.7 Å². The second-order valence-electron chi connectivity index (χ2n) is 6.23. The van der Waals surface area contributed by atoms with Crippen LogP contribution in [-0.4, -0.2) is 48.6 Å². The average molecular weight is 456 g/mol. The van der Waals surface area contributed by atoms with Crippen LogP contribution in [0.15, 0.2) is 36.4 Å². The molecule has 10 heteroatoms. The smallest absolute Gasteiger partial charge is 0.271 e. The second-order valence-corrected chi connectivity index (χ2v) is 7.04. The van der Waals surface area contributed by atoms with Crippen LogP contribution in [0.4, 0.5) is 11.4 Å². The van der Waals surface area contributed by atoms with Crippen LogP contribution in [0.5, 0.6) is 11.5 Å². The third-order valence-electron chi connectivity index (χ3n) is 4.26. The number of carbonyl (C=O) groups is 1. The number of halogens is 2. The molecule has 1 N–H and O–H groups in total. The molecule has 30 heavy (non-hydrogen) atoms. The molecule has 0 saturated heterocycles. The van der Waals surface area contributed by atoms with E-state index in [9.17, 15) is 14.9 Å². The Kier molecular flexibility index (Phi) is 9.16. The van der Waals surface area contributed by atoms with Crippen molar-refractivity contribution in [2.75, 3.05) is 38.2 Å². The molecule has 0 spiro atoms. The van der Waals surface area contributed by atoms with Gasteiger partial charge in [0.25, 0.3) is 11.6 Å². The van der Waals surface area contributed by atoms with Crippen LogP contribution in [0.3, 0.4) is 0 Å². The normalized spacial score (nSPS) is 10.7. The molecule has 1 amide bonds. The van der Waals surface area contributed by atoms with Crippen LogP contribution < -0.4 is 14.8 Å². The van der Waals surface area contributed by atoms with Gasteiger partial charge in [-0.1, -0.05) is 37.0 Å². The lowest BCUT2D eigenvalue weighted by molar-refractivity contribution is -0.384. The summed E-state index contributed by atoms with van der Waals surface area (Å²) in [5.74, 6) is 0.277. The highest BCUT2D eigenvalue weighted by Gasteiger charge is 2.12. The summed E-state index contributed by atoms with van der Waals surface area (Å²) in [6, 6.07) is 8.70. The summed E-state index contributed by atoms with van der Waals surface area (Å²) in [6.45, 7) is 7.07. The van der Waals surface area contributed by atoms with Gasteiger partial charge in [-0.3, -0.25) is 14.9 Å². The zero-order chi connectivity index (χ0) is 22.1. The highest BCUT2D eigenvalue weighted by Crippen LogP contribution is 2.29. The maximum absolute atomic E-state index is 12.1. The highest BCUT2D eigenvalue weighted by molar-refractivity contribution is 6.32. The van der Waals surface area contributed by atoms with Gasteiger partial charge >= 0.3 is 0 Å². The standard InChI is InChI=1S/C20H23Cl2N3O5/c1-3-24(4-2)9-10-29-18-7-5-14(11-16(18)21)23-20(26)13-30-19-8-6-15(25(27)28)12-17(19)22/h5-8,11-12H,3-4,9-10,13H2,1-2H3,(H,23,26). The van der Waals surface area contributed by atoms with Crippen molar-refractivity contribution in [3.63, 3.8) is 0 Å². The van der Waals surface area contributed by atoms with Crippen molar-refractivity contribution in [1.29, 1.82) is 0 Å². The first-order chi connectivity index (χ1) is 14.3. The van der Waals surface area contributed by atoms with E-state index in [2.05, 4.69) is 24.1 Å². The van der Waals surface area contributed by atoms with E-state index in [1.54, 1.807) is 18.2 Å². The number of non-ortho nitro benzene ring substituents is 1. The van der Waals surface area contributed by atoms with Crippen LogP contribution in [0.2, 0.25) is 10.0 Å². The Bertz CT molecular complexity index is 891. The summed E-state index contributed by atoms with van der Waals surface area (Å²) in [5.41, 5.74) is 0.324. The minimum absolute atomic E-state index is 0.0475. The van der Waals surface area contributed by atoms with Gasteiger partial charge in [-0.25, -0.2) is 0 Å². The first-order valence-electron chi connectivity index (χ1n) is 9.35. The van der Waals surface area contributed by atoms with Crippen molar-refractivity contribution in [3.05, 3.63) is 56.6 Å². The molecule has 0 aliphatic heterocycles. The van der Waals surface area contributed by atoms with Crippen LogP contribution in [0, 0.1) is 10.1 Å². The Hall–Kier alpha value is -2.55. The van der Waals surface area contributed by atoms with Gasteiger partial charge in [-0.05, 0) is 37.4 Å². The molecule has 0 bridgehead atoms. The number of nitrogens with one attached hydrogen (secondary N) is 1. The number of nitro groups is 1. The molecule has 0 unspecified atom stereocenters. The predicted octanol–water partition coefficient (Wildman–Crippen LogP) is 4.64. The third kappa shape index (κ3) is 7.05. The Morgan fingerprint density at radius 3 is 2.30 bits per heavy atom. The van der Waals surface area contributed by atoms with Gasteiger partial charge in [0.1, 0.15) is 18.1 Å². The van der Waals surface area contributed by atoms with Crippen LogP contribution in [0.1, 0.15) is 13.8 Å². The monoisotopic (exact) mass is 455 g/mol. The van der Waals surface area contributed by atoms with Crippen molar-refractivity contribution in [3.8, 4) is 11.5 Å². The number of nitro benzene ring substituents is 1. The Morgan fingerprint density at radius 1 is 1.07 bits per heavy atom. The van der Waals surface area contributed by atoms with Gasteiger partial charge < -0.3 is 19.7 Å². The van der Waals surface area contributed by atoms with Crippen LogP contribution in [-0.2, 0) is 4.79 Å². The summed E-state index contributed by atoms with van der Waals surface area (Å²) in [6.07, 6.45) is 0. The van der Waals surface area contributed by atoms with E-state index < -0.39 is 10.8 Å². The molecule has 0 saturated carbocycles. The fourth-order valence-corrected chi connectivity index (χ4v) is 3.05. The SMILES string of the molecule is CCN(CC)CCOc1ccc(NC(=O)COc2ccc([N+](=O)[O-])cc2Cl)cc1Cl. The zero-order valence-corrected chi connectivity index (χ0v) is 18.2. The van der Waals surface area contributed by atoms with Crippen molar-refractivity contribution in [1.82, 2.24) is 4.90 Å². The van der Waals surface area contributed by atoms with E-state index in [1.165, 1.54) is 12.1 Å². The summed E-state index contributed by atoms with van der Waals surface area (Å²) >= 11 is 12.2. The molecule has 0 aliphatic rings. The lowest BCUT2D eigenvalue weighted by Crippen LogP contribution is -2.27. The number of nitrogens with zero attached hydrogens (tertiary/aromatic N) is 2. The number of rotatable bonds is 11. The van der Waals surface area contributed by atoms with Gasteiger partial charge in [-0.15, -0.1) is 0 Å². The molecule has 162 valence electrons. The van der Waals surface area contributed by atoms with E-state index in [1.807, 2.05) is 0 Å². The van der Waals surface area contributed by atoms with Gasteiger partial charge in [0.15, 0.2) is 6.61 Å². The maximum atomic E-state index is 12.1. The van der Waals surface area contributed by atoms with Crippen LogP contribution in [0.25, 0.3) is 0 Å². The fraction of sp³-hybridized carbons (Fsp3) is 0.350. The number of amides is 1. The number of anilines is 1. The molecule has 2 rings (SSSR count). The minimum Gasteiger partial charge on any atom is -0.491 e. The van der Waals surface area contributed by atoms with Gasteiger partial charge in [0, 0.05) is 24.4 Å². The molecule has 0 aromatic heterocycles. The van der Waals surface area contributed by atoms with E-state index >= 15 is 0 Å². The fourth-order valence-electron chi connectivity index (χ4n) is 2.58. The van der Waals surface area contributed by atoms with Crippen molar-refractivity contribution in [2.45, 2.75) is 13.8 Å². The highest BCUT2D eigenvalue weighted by atomic mass is 35.5. The number of hydrogen-bond acceptors (Lipinski definition) is 6. The molecule has 0 heterocycles. The summed E-state index contributed by atoms with van der Waals surface area (Å²) in [7, 11) is 0. The number of ether oxygens (including phenoxy) is 2. The van der Waals surface area contributed by atoms with Crippen molar-refractivity contribution >= 4 is 40.5 Å². The minimum atomic E-state index is -0.566. The van der Waals surface area contributed by atoms with E-state index in [-0.39, 0.29) is 23.1 Å². The first-order valence-corrected chi connectivity index (χ1v) is 10.1. The first kappa shape index (κ1) is 23.7. The Labute approximate surface area is 184 Å². The number of hydrogen-bond donors (Lipinski definition) is 1. The quantitative estimate of drug-likeness (QED) is 0.391. The lowest BCUT2D eigenvalue weighted by atomic mass is 10.3. The molecule has 2 aromatic rings. The lowest BCUT2D eigenvalue weighted by Gasteiger charge is -2.18. The average Bonchev–Trinajstić information content (AvgIpc) is 2.71. The molecule has 0 aliphatic carbocycles. The number of carbonyl (C=O) groups excluding carboxylic acids is 1. The van der Waals surface area contributed by atoms with Crippen molar-refractivity contribution in [2.24, 2.45) is 0 Å². The third-order valence-corrected chi connectivity index (χ3v) is 4.85. The molecule has 2 aromatic carbocycles. The number of benzene rings is 2. The molecular formula is C20H23Cl2N3O5. The van der Waals surface area contributed by atoms with E-state index in [4.69, 9.17) is 32.7 Å². The zero-order valence-electron chi connectivity index (χ0n) is 16.7. The molecule has 0 radical (unpaired) electrons. The summed E-state index contributed by atoms with van der Waals surface area (Å²) < 4.78 is 11.0. The van der Waals surface area contributed by atoms with Gasteiger partial charge in [0.2, 0.25) is 0 Å². The second kappa shape index (κ2) is 11.6. The Morgan fingerprint density at radius 2 is 1.70 bits per heavy atom. The largest absolute Gasteiger partial charge is 0.491 e. The molecule has 0 atom stereocenters. The van der Waals surface area contributed by atoms with Gasteiger partial charge in [0.05, 0.1) is 15.0 Å². The number of likely N-dealkylation sites (N-methyl/N-ethyl adjacent to an activating group) is 1. The molecular weight excluding hydrogens is 433 g/mol. The van der Waals surface area contributed by atoms with Crippen LogP contribution >= 0.6 is 23.2 Å². The summed E-state index contributed by atoms with van der Waals surface area (Å²) in [5, 5.41) is 13.8. The maximum Gasteiger partial charge on any atom is 0.271 e. The Balaban J connectivity index is 1.86. The van der Waals surface area contributed by atoms with Gasteiger partial charge in [-0.2, -0.15) is 0 Å². The predicted molar refractivity (Wildman–Crippen MR) is 117 cm³/mol.